The van der Waals surface area contributed by atoms with Gasteiger partial charge >= 0.3 is 6.03 Å². The molecule has 0 bridgehead atoms. The van der Waals surface area contributed by atoms with Gasteiger partial charge in [0.25, 0.3) is 0 Å². The van der Waals surface area contributed by atoms with E-state index in [9.17, 15) is 4.79 Å². The van der Waals surface area contributed by atoms with E-state index in [0.29, 0.717) is 12.0 Å². The predicted octanol–water partition coefficient (Wildman–Crippen LogP) is 1.98. The molecule has 1 rings (SSSR count). The Morgan fingerprint density at radius 3 is 2.47 bits per heavy atom. The Morgan fingerprint density at radius 2 is 2.00 bits per heavy atom. The number of carbonyl (C=O) groups excluding carboxylic acids is 1. The summed E-state index contributed by atoms with van der Waals surface area (Å²) in [6, 6.07) is 0.710. The summed E-state index contributed by atoms with van der Waals surface area (Å²) in [6.45, 7) is 7.24. The summed E-state index contributed by atoms with van der Waals surface area (Å²) >= 11 is 0. The van der Waals surface area contributed by atoms with Crippen LogP contribution in [0.1, 0.15) is 46.5 Å². The van der Waals surface area contributed by atoms with E-state index in [0.717, 1.165) is 32.2 Å². The van der Waals surface area contributed by atoms with Gasteiger partial charge in [-0.2, -0.15) is 0 Å². The number of unbranched alkanes of at least 4 members (excludes halogenated alkanes) is 1. The average molecular weight is 242 g/mol. The molecule has 17 heavy (non-hydrogen) atoms. The van der Waals surface area contributed by atoms with Crippen molar-refractivity contribution in [3.63, 3.8) is 0 Å². The lowest BCUT2D eigenvalue weighted by molar-refractivity contribution is 0.184. The van der Waals surface area contributed by atoms with Crippen LogP contribution in [0.25, 0.3) is 0 Å². The van der Waals surface area contributed by atoms with Crippen LogP contribution in [0.5, 0.6) is 0 Å². The van der Waals surface area contributed by atoms with Gasteiger partial charge in [0.05, 0.1) is 0 Å². The number of aliphatic hydroxyl groups is 1. The maximum atomic E-state index is 12.1. The van der Waals surface area contributed by atoms with Crippen LogP contribution >= 0.6 is 0 Å². The van der Waals surface area contributed by atoms with Crippen molar-refractivity contribution in [3.05, 3.63) is 0 Å². The van der Waals surface area contributed by atoms with Gasteiger partial charge < -0.3 is 15.3 Å². The highest BCUT2D eigenvalue weighted by Gasteiger charge is 2.32. The van der Waals surface area contributed by atoms with Crippen LogP contribution in [-0.2, 0) is 0 Å². The maximum Gasteiger partial charge on any atom is 0.317 e. The van der Waals surface area contributed by atoms with Gasteiger partial charge in [-0.25, -0.2) is 4.79 Å². The van der Waals surface area contributed by atoms with Crippen molar-refractivity contribution in [2.75, 3.05) is 13.2 Å². The zero-order valence-electron chi connectivity index (χ0n) is 11.3. The van der Waals surface area contributed by atoms with Crippen LogP contribution in [0.3, 0.4) is 0 Å². The van der Waals surface area contributed by atoms with Crippen LogP contribution in [0.4, 0.5) is 4.79 Å². The Bertz CT molecular complexity index is 240. The SMILES string of the molecule is CC(C)C(C)NC(=O)N(CCCCO)C1CC1. The third kappa shape index (κ3) is 4.94. The van der Waals surface area contributed by atoms with E-state index < -0.39 is 0 Å². The molecule has 100 valence electrons. The quantitative estimate of drug-likeness (QED) is 0.671. The smallest absolute Gasteiger partial charge is 0.317 e. The lowest BCUT2D eigenvalue weighted by Gasteiger charge is -2.26. The van der Waals surface area contributed by atoms with Crippen molar-refractivity contribution in [1.29, 1.82) is 0 Å². The molecule has 4 nitrogen and oxygen atoms in total. The molecule has 0 aromatic rings. The standard InChI is InChI=1S/C13H26N2O2/c1-10(2)11(3)14-13(17)15(12-6-7-12)8-4-5-9-16/h10-12,16H,4-9H2,1-3H3,(H,14,17). The van der Waals surface area contributed by atoms with Crippen molar-refractivity contribution in [2.24, 2.45) is 5.92 Å². The molecule has 0 spiro atoms. The fourth-order valence-electron chi connectivity index (χ4n) is 1.67. The monoisotopic (exact) mass is 242 g/mol. The Balaban J connectivity index is 2.38. The van der Waals surface area contributed by atoms with Crippen LogP contribution in [-0.4, -0.2) is 41.3 Å². The molecule has 0 heterocycles. The van der Waals surface area contributed by atoms with Gasteiger partial charge in [-0.3, -0.25) is 0 Å². The van der Waals surface area contributed by atoms with Crippen molar-refractivity contribution < 1.29 is 9.90 Å². The van der Waals surface area contributed by atoms with E-state index in [4.69, 9.17) is 5.11 Å². The van der Waals surface area contributed by atoms with E-state index in [1.807, 2.05) is 11.8 Å². The number of amides is 2. The first-order valence-corrected chi connectivity index (χ1v) is 6.74. The van der Waals surface area contributed by atoms with Crippen LogP contribution in [0.2, 0.25) is 0 Å². The lowest BCUT2D eigenvalue weighted by Crippen LogP contribution is -2.46. The van der Waals surface area contributed by atoms with Crippen molar-refractivity contribution in [2.45, 2.75) is 58.5 Å². The number of rotatable bonds is 7. The normalized spacial score (nSPS) is 17.0. The molecule has 0 saturated heterocycles. The van der Waals surface area contributed by atoms with Gasteiger partial charge in [0.2, 0.25) is 0 Å². The van der Waals surface area contributed by atoms with Crippen molar-refractivity contribution in [1.82, 2.24) is 10.2 Å². The first kappa shape index (κ1) is 14.3. The van der Waals surface area contributed by atoms with Crippen LogP contribution in [0, 0.1) is 5.92 Å². The molecule has 2 amide bonds. The molecule has 1 fully saturated rings. The fourth-order valence-corrected chi connectivity index (χ4v) is 1.67. The number of hydrogen-bond donors (Lipinski definition) is 2. The third-order valence-corrected chi connectivity index (χ3v) is 3.41. The van der Waals surface area contributed by atoms with Gasteiger partial charge in [-0.05, 0) is 38.5 Å². The van der Waals surface area contributed by atoms with E-state index in [2.05, 4.69) is 19.2 Å². The van der Waals surface area contributed by atoms with Crippen molar-refractivity contribution in [3.8, 4) is 0 Å². The minimum Gasteiger partial charge on any atom is -0.396 e. The zero-order chi connectivity index (χ0) is 12.8. The molecule has 1 atom stereocenters. The zero-order valence-corrected chi connectivity index (χ0v) is 11.3. The molecule has 0 aromatic carbocycles. The molecule has 1 aliphatic carbocycles. The number of nitrogens with zero attached hydrogens (tertiary/aromatic N) is 1. The summed E-state index contributed by atoms with van der Waals surface area (Å²) in [4.78, 5) is 14.0. The summed E-state index contributed by atoms with van der Waals surface area (Å²) in [6.07, 6.45) is 3.91. The molecule has 0 aliphatic heterocycles. The van der Waals surface area contributed by atoms with Crippen LogP contribution in [0.15, 0.2) is 0 Å². The van der Waals surface area contributed by atoms with E-state index in [1.165, 1.54) is 0 Å². The van der Waals surface area contributed by atoms with Gasteiger partial charge in [0, 0.05) is 25.2 Å². The summed E-state index contributed by atoms with van der Waals surface area (Å²) in [7, 11) is 0. The Morgan fingerprint density at radius 1 is 1.35 bits per heavy atom. The second-order valence-electron chi connectivity index (χ2n) is 5.34. The minimum atomic E-state index is 0.0617. The minimum absolute atomic E-state index is 0.0617. The third-order valence-electron chi connectivity index (χ3n) is 3.41. The summed E-state index contributed by atoms with van der Waals surface area (Å²) in [5.41, 5.74) is 0. The largest absolute Gasteiger partial charge is 0.396 e. The second-order valence-corrected chi connectivity index (χ2v) is 5.34. The first-order valence-electron chi connectivity index (χ1n) is 6.74. The summed E-state index contributed by atoms with van der Waals surface area (Å²) in [5.74, 6) is 0.456. The Hall–Kier alpha value is -0.770. The molecular weight excluding hydrogens is 216 g/mol. The molecule has 1 aliphatic rings. The van der Waals surface area contributed by atoms with Gasteiger partial charge in [-0.1, -0.05) is 13.8 Å². The summed E-state index contributed by atoms with van der Waals surface area (Å²) in [5, 5.41) is 11.8. The second kappa shape index (κ2) is 6.84. The number of nitrogens with one attached hydrogen (secondary N) is 1. The van der Waals surface area contributed by atoms with Crippen molar-refractivity contribution >= 4 is 6.03 Å². The van der Waals surface area contributed by atoms with Gasteiger partial charge in [0.1, 0.15) is 0 Å². The van der Waals surface area contributed by atoms with Crippen LogP contribution < -0.4 is 5.32 Å². The molecule has 0 radical (unpaired) electrons. The number of carbonyl (C=O) groups is 1. The number of hydrogen-bond acceptors (Lipinski definition) is 2. The molecule has 0 aromatic heterocycles. The number of urea groups is 1. The first-order chi connectivity index (χ1) is 8.06. The molecule has 2 N–H and O–H groups in total. The van der Waals surface area contributed by atoms with Gasteiger partial charge in [0.15, 0.2) is 0 Å². The van der Waals surface area contributed by atoms with E-state index in [1.54, 1.807) is 0 Å². The number of aliphatic hydroxyl groups excluding tert-OH is 1. The average Bonchev–Trinajstić information content (AvgIpc) is 3.07. The van der Waals surface area contributed by atoms with Gasteiger partial charge in [-0.15, -0.1) is 0 Å². The van der Waals surface area contributed by atoms with E-state index >= 15 is 0 Å². The Labute approximate surface area is 104 Å². The highest BCUT2D eigenvalue weighted by molar-refractivity contribution is 5.75. The summed E-state index contributed by atoms with van der Waals surface area (Å²) < 4.78 is 0. The molecule has 1 saturated carbocycles. The highest BCUT2D eigenvalue weighted by Crippen LogP contribution is 2.27. The molecule has 4 heteroatoms. The topological polar surface area (TPSA) is 52.6 Å². The molecular formula is C13H26N2O2. The fraction of sp³-hybridized carbons (Fsp3) is 0.923. The Kier molecular flexibility index (Phi) is 5.75. The molecule has 1 unspecified atom stereocenters. The highest BCUT2D eigenvalue weighted by atomic mass is 16.3. The van der Waals surface area contributed by atoms with E-state index in [-0.39, 0.29) is 18.7 Å². The lowest BCUT2D eigenvalue weighted by atomic mass is 10.1. The maximum absolute atomic E-state index is 12.1. The predicted molar refractivity (Wildman–Crippen MR) is 68.9 cm³/mol.